The van der Waals surface area contributed by atoms with Gasteiger partial charge < -0.3 is 5.11 Å². The van der Waals surface area contributed by atoms with E-state index in [0.29, 0.717) is 11.4 Å². The van der Waals surface area contributed by atoms with Crippen molar-refractivity contribution >= 4 is 46.1 Å². The predicted molar refractivity (Wildman–Crippen MR) is 160 cm³/mol. The fraction of sp³-hybridized carbons (Fsp3) is 0.111. The number of imide groups is 1. The molecule has 1 fully saturated rings. The minimum Gasteiger partial charge on any atom is -0.478 e. The Morgan fingerprint density at radius 1 is 0.738 bits per heavy atom. The first-order chi connectivity index (χ1) is 20.5. The summed E-state index contributed by atoms with van der Waals surface area (Å²) in [6.45, 7) is 0. The van der Waals surface area contributed by atoms with Gasteiger partial charge in [-0.15, -0.1) is 0 Å². The van der Waals surface area contributed by atoms with Crippen LogP contribution in [0.2, 0.25) is 0 Å². The summed E-state index contributed by atoms with van der Waals surface area (Å²) in [5.41, 5.74) is 3.70. The van der Waals surface area contributed by atoms with Crippen LogP contribution in [0.25, 0.3) is 10.8 Å². The number of nitrogens with zero attached hydrogens (tertiary/aromatic N) is 2. The first-order valence-electron chi connectivity index (χ1n) is 13.9. The minimum absolute atomic E-state index is 0.0685. The van der Waals surface area contributed by atoms with Crippen LogP contribution in [0.15, 0.2) is 120 Å². The predicted octanol–water partition coefficient (Wildman–Crippen LogP) is 6.49. The Labute approximate surface area is 241 Å². The average Bonchev–Trinajstić information content (AvgIpc) is 3.30. The molecule has 0 aromatic heterocycles. The maximum atomic E-state index is 14.7. The Balaban J connectivity index is 1.41. The maximum absolute atomic E-state index is 14.7. The van der Waals surface area contributed by atoms with Crippen LogP contribution in [0.4, 0.5) is 11.4 Å². The van der Waals surface area contributed by atoms with Crippen LogP contribution in [0.1, 0.15) is 38.5 Å². The van der Waals surface area contributed by atoms with Crippen molar-refractivity contribution in [3.63, 3.8) is 0 Å². The van der Waals surface area contributed by atoms with Gasteiger partial charge in [0.1, 0.15) is 0 Å². The van der Waals surface area contributed by atoms with Crippen LogP contribution in [0, 0.1) is 11.8 Å². The lowest BCUT2D eigenvalue weighted by Crippen LogP contribution is -2.54. The molecule has 5 aromatic carbocycles. The van der Waals surface area contributed by atoms with Gasteiger partial charge in [0.15, 0.2) is 0 Å². The highest BCUT2D eigenvalue weighted by molar-refractivity contribution is 6.27. The van der Waals surface area contributed by atoms with E-state index < -0.39 is 23.2 Å². The van der Waals surface area contributed by atoms with Crippen LogP contribution in [-0.4, -0.2) is 29.1 Å². The van der Waals surface area contributed by atoms with Gasteiger partial charge in [-0.2, -0.15) is 0 Å². The quantitative estimate of drug-likeness (QED) is 0.205. The van der Waals surface area contributed by atoms with Crippen LogP contribution in [0.5, 0.6) is 0 Å². The smallest absolute Gasteiger partial charge is 0.337 e. The second-order valence-electron chi connectivity index (χ2n) is 11.1. The highest BCUT2D eigenvalue weighted by atomic mass is 16.4. The lowest BCUT2D eigenvalue weighted by Gasteiger charge is -2.52. The van der Waals surface area contributed by atoms with E-state index in [1.165, 1.54) is 11.0 Å². The third kappa shape index (κ3) is 3.09. The lowest BCUT2D eigenvalue weighted by atomic mass is 9.47. The summed E-state index contributed by atoms with van der Waals surface area (Å²) < 4.78 is 0. The lowest BCUT2D eigenvalue weighted by molar-refractivity contribution is -0.122. The Morgan fingerprint density at radius 3 is 2.10 bits per heavy atom. The number of aromatic carboxylic acids is 1. The number of anilines is 1. The van der Waals surface area contributed by atoms with E-state index in [9.17, 15) is 19.5 Å². The van der Waals surface area contributed by atoms with Crippen LogP contribution >= 0.6 is 0 Å². The molecule has 1 heterocycles. The second kappa shape index (κ2) is 8.82. The van der Waals surface area contributed by atoms with Crippen molar-refractivity contribution < 1.29 is 19.5 Å². The molecule has 42 heavy (non-hydrogen) atoms. The number of amides is 2. The SMILES string of the molecule is O=C(O)c1ccccc1N=CC12c3ccccc3C(c3ccccc31)[C@H]1C(=O)N(c3cccc4ccccc34)C(=O)[C@H]12. The molecule has 1 N–H and O–H groups in total. The summed E-state index contributed by atoms with van der Waals surface area (Å²) in [4.78, 5) is 47.5. The van der Waals surface area contributed by atoms with Crippen LogP contribution < -0.4 is 4.90 Å². The standard InChI is InChI=1S/C36H24N2O4/c39-33-31-30-23-13-3-6-16-26(23)36(27-17-7-4-14-24(27)30,20-37-28-18-8-5-15-25(28)35(41)42)32(31)34(40)38(33)29-19-9-11-21-10-1-2-12-22(21)29/h1-20,30-32H,(H,41,42)/t30?,31-,32+,36?/m1/s1. The van der Waals surface area contributed by atoms with Gasteiger partial charge in [0.25, 0.3) is 0 Å². The van der Waals surface area contributed by atoms with Gasteiger partial charge in [-0.3, -0.25) is 14.6 Å². The molecule has 2 atom stereocenters. The number of fused-ring (bicyclic) bond motifs is 1. The van der Waals surface area contributed by atoms with Crippen molar-refractivity contribution in [2.45, 2.75) is 11.3 Å². The van der Waals surface area contributed by atoms with Crippen molar-refractivity contribution in [2.75, 3.05) is 4.90 Å². The van der Waals surface area contributed by atoms with Gasteiger partial charge in [0.2, 0.25) is 11.8 Å². The van der Waals surface area contributed by atoms with Crippen molar-refractivity contribution in [1.29, 1.82) is 0 Å². The van der Waals surface area contributed by atoms with Gasteiger partial charge in [-0.1, -0.05) is 97.1 Å². The number of aliphatic imine (C=N–C) groups is 1. The van der Waals surface area contributed by atoms with E-state index in [2.05, 4.69) is 0 Å². The molecular weight excluding hydrogens is 524 g/mol. The largest absolute Gasteiger partial charge is 0.478 e. The molecule has 4 aliphatic rings. The Kier molecular flexibility index (Phi) is 5.13. The summed E-state index contributed by atoms with van der Waals surface area (Å²) in [6.07, 6.45) is 1.73. The van der Waals surface area contributed by atoms with Crippen LogP contribution in [0.3, 0.4) is 0 Å². The van der Waals surface area contributed by atoms with Gasteiger partial charge in [-0.05, 0) is 45.8 Å². The highest BCUT2D eigenvalue weighted by Gasteiger charge is 2.68. The molecule has 0 saturated carbocycles. The molecule has 5 aromatic rings. The minimum atomic E-state index is -1.08. The fourth-order valence-corrected chi connectivity index (χ4v) is 7.63. The molecule has 0 spiro atoms. The second-order valence-corrected chi connectivity index (χ2v) is 11.1. The van der Waals surface area contributed by atoms with Gasteiger partial charge in [0, 0.05) is 17.5 Å². The number of para-hydroxylation sites is 1. The zero-order valence-corrected chi connectivity index (χ0v) is 22.3. The summed E-state index contributed by atoms with van der Waals surface area (Å²) in [7, 11) is 0. The van der Waals surface area contributed by atoms with Gasteiger partial charge >= 0.3 is 5.97 Å². The third-order valence-electron chi connectivity index (χ3n) is 9.23. The fourth-order valence-electron chi connectivity index (χ4n) is 7.63. The number of carboxylic acids is 1. The molecule has 0 radical (unpaired) electrons. The van der Waals surface area contributed by atoms with Crippen molar-refractivity contribution in [1.82, 2.24) is 0 Å². The molecule has 1 saturated heterocycles. The number of carbonyl (C=O) groups excluding carboxylic acids is 2. The van der Waals surface area contributed by atoms with E-state index in [1.54, 1.807) is 24.4 Å². The topological polar surface area (TPSA) is 87.0 Å². The molecule has 202 valence electrons. The molecule has 2 bridgehead atoms. The molecule has 3 aliphatic carbocycles. The summed E-state index contributed by atoms with van der Waals surface area (Å²) in [5.74, 6) is -3.25. The van der Waals surface area contributed by atoms with E-state index >= 15 is 0 Å². The molecule has 9 rings (SSSR count). The van der Waals surface area contributed by atoms with Gasteiger partial charge in [0.05, 0.1) is 34.2 Å². The zero-order valence-electron chi connectivity index (χ0n) is 22.3. The first kappa shape index (κ1) is 24.4. The number of rotatable bonds is 4. The number of hydrogen-bond acceptors (Lipinski definition) is 4. The van der Waals surface area contributed by atoms with E-state index in [-0.39, 0.29) is 23.3 Å². The first-order valence-corrected chi connectivity index (χ1v) is 13.9. The number of carboxylic acid groups (broad SMARTS) is 1. The Hall–Kier alpha value is -5.36. The summed E-state index contributed by atoms with van der Waals surface area (Å²) >= 11 is 0. The van der Waals surface area contributed by atoms with E-state index in [0.717, 1.165) is 33.0 Å². The maximum Gasteiger partial charge on any atom is 0.337 e. The Morgan fingerprint density at radius 2 is 1.36 bits per heavy atom. The molecule has 0 unspecified atom stereocenters. The average molecular weight is 549 g/mol. The van der Waals surface area contributed by atoms with Crippen molar-refractivity contribution in [3.8, 4) is 0 Å². The molecule has 6 nitrogen and oxygen atoms in total. The molecule has 2 amide bonds. The van der Waals surface area contributed by atoms with E-state index in [1.807, 2.05) is 91.0 Å². The number of hydrogen-bond donors (Lipinski definition) is 1. The third-order valence-corrected chi connectivity index (χ3v) is 9.23. The molecule has 1 aliphatic heterocycles. The zero-order chi connectivity index (χ0) is 28.6. The van der Waals surface area contributed by atoms with Crippen LogP contribution in [-0.2, 0) is 15.0 Å². The van der Waals surface area contributed by atoms with E-state index in [4.69, 9.17) is 4.99 Å². The number of benzene rings is 5. The Bertz CT molecular complexity index is 1960. The molecule has 6 heteroatoms. The summed E-state index contributed by atoms with van der Waals surface area (Å²) in [6, 6.07) is 35.9. The highest BCUT2D eigenvalue weighted by Crippen LogP contribution is 2.64. The normalized spacial score (nSPS) is 23.7. The summed E-state index contributed by atoms with van der Waals surface area (Å²) in [5, 5.41) is 11.6. The monoisotopic (exact) mass is 548 g/mol. The van der Waals surface area contributed by atoms with Gasteiger partial charge in [-0.25, -0.2) is 9.69 Å². The van der Waals surface area contributed by atoms with Crippen molar-refractivity contribution in [2.24, 2.45) is 16.8 Å². The molecular formula is C36H24N2O4. The number of carbonyl (C=O) groups is 3. The van der Waals surface area contributed by atoms with Crippen molar-refractivity contribution in [3.05, 3.63) is 143 Å².